The van der Waals surface area contributed by atoms with Crippen molar-refractivity contribution in [2.75, 3.05) is 4.90 Å². The topological polar surface area (TPSA) is 46.1 Å². The number of thiophene rings is 1. The van der Waals surface area contributed by atoms with Gasteiger partial charge in [0, 0.05) is 17.3 Å². The van der Waals surface area contributed by atoms with Crippen LogP contribution in [-0.2, 0) is 17.8 Å². The van der Waals surface area contributed by atoms with E-state index in [0.29, 0.717) is 22.4 Å². The first-order chi connectivity index (χ1) is 13.5. The molecule has 142 valence electrons. The summed E-state index contributed by atoms with van der Waals surface area (Å²) in [5, 5.41) is 0.705. The van der Waals surface area contributed by atoms with E-state index in [1.807, 2.05) is 24.3 Å². The van der Waals surface area contributed by atoms with Crippen LogP contribution in [0.25, 0.3) is 10.2 Å². The Morgan fingerprint density at radius 1 is 1.14 bits per heavy atom. The van der Waals surface area contributed by atoms with E-state index < -0.39 is 0 Å². The summed E-state index contributed by atoms with van der Waals surface area (Å²) in [6.07, 6.45) is 3.81. The zero-order chi connectivity index (χ0) is 19.7. The van der Waals surface area contributed by atoms with Crippen molar-refractivity contribution in [1.29, 1.82) is 0 Å². The Labute approximate surface area is 176 Å². The molecule has 4 rings (SSSR count). The van der Waals surface area contributed by atoms with Crippen LogP contribution in [0.5, 0.6) is 0 Å². The van der Waals surface area contributed by atoms with Crippen molar-refractivity contribution < 1.29 is 4.79 Å². The molecule has 0 spiro atoms. The summed E-state index contributed by atoms with van der Waals surface area (Å²) in [5.41, 5.74) is 4.31. The lowest BCUT2D eigenvalue weighted by Gasteiger charge is -2.19. The maximum atomic E-state index is 13.2. The van der Waals surface area contributed by atoms with E-state index in [1.165, 1.54) is 22.5 Å². The van der Waals surface area contributed by atoms with Gasteiger partial charge in [-0.3, -0.25) is 14.7 Å². The molecule has 28 heavy (non-hydrogen) atoms. The SMILES string of the molecule is Cc1cc2nc(N(Cc3cccnc3)C(=O)Cc3ccc(Cl)s3)sc2cc1C. The third-order valence-electron chi connectivity index (χ3n) is 4.54. The second-order valence-electron chi connectivity index (χ2n) is 6.62. The first-order valence-electron chi connectivity index (χ1n) is 8.81. The number of carbonyl (C=O) groups is 1. The van der Waals surface area contributed by atoms with Crippen LogP contribution in [0.1, 0.15) is 21.6 Å². The second-order valence-corrected chi connectivity index (χ2v) is 9.43. The zero-order valence-corrected chi connectivity index (χ0v) is 17.9. The minimum atomic E-state index is -0.00475. The monoisotopic (exact) mass is 427 g/mol. The van der Waals surface area contributed by atoms with Crippen molar-refractivity contribution in [1.82, 2.24) is 9.97 Å². The third kappa shape index (κ3) is 4.09. The van der Waals surface area contributed by atoms with E-state index in [1.54, 1.807) is 28.6 Å². The molecular weight excluding hydrogens is 410 g/mol. The molecular formula is C21H18ClN3OS2. The third-order valence-corrected chi connectivity index (χ3v) is 6.81. The summed E-state index contributed by atoms with van der Waals surface area (Å²) in [6.45, 7) is 4.60. The first kappa shape index (κ1) is 19.1. The molecule has 0 N–H and O–H groups in total. The number of pyridine rings is 1. The molecule has 0 unspecified atom stereocenters. The van der Waals surface area contributed by atoms with Gasteiger partial charge in [-0.15, -0.1) is 11.3 Å². The van der Waals surface area contributed by atoms with Crippen molar-refractivity contribution in [2.24, 2.45) is 0 Å². The Hall–Kier alpha value is -2.28. The second kappa shape index (κ2) is 7.99. The van der Waals surface area contributed by atoms with Gasteiger partial charge in [-0.05, 0) is 60.9 Å². The van der Waals surface area contributed by atoms with Crippen LogP contribution in [0.15, 0.2) is 48.8 Å². The number of benzene rings is 1. The highest BCUT2D eigenvalue weighted by molar-refractivity contribution is 7.22. The first-order valence-corrected chi connectivity index (χ1v) is 10.8. The van der Waals surface area contributed by atoms with E-state index >= 15 is 0 Å². The Kier molecular flexibility index (Phi) is 5.44. The number of halogens is 1. The summed E-state index contributed by atoms with van der Waals surface area (Å²) in [4.78, 5) is 24.8. The number of fused-ring (bicyclic) bond motifs is 1. The number of carbonyl (C=O) groups excluding carboxylic acids is 1. The van der Waals surface area contributed by atoms with Crippen LogP contribution < -0.4 is 4.90 Å². The van der Waals surface area contributed by atoms with Gasteiger partial charge in [-0.25, -0.2) is 4.98 Å². The molecule has 0 radical (unpaired) electrons. The lowest BCUT2D eigenvalue weighted by Crippen LogP contribution is -2.31. The number of rotatable bonds is 5. The number of anilines is 1. The normalized spacial score (nSPS) is 11.1. The van der Waals surface area contributed by atoms with Crippen LogP contribution in [0.2, 0.25) is 4.34 Å². The number of aryl methyl sites for hydroxylation is 2. The van der Waals surface area contributed by atoms with Gasteiger partial charge in [0.25, 0.3) is 0 Å². The van der Waals surface area contributed by atoms with E-state index in [0.717, 1.165) is 20.7 Å². The zero-order valence-electron chi connectivity index (χ0n) is 15.5. The minimum Gasteiger partial charge on any atom is -0.283 e. The summed E-state index contributed by atoms with van der Waals surface area (Å²) < 4.78 is 1.77. The molecule has 1 amide bonds. The summed E-state index contributed by atoms with van der Waals surface area (Å²) >= 11 is 9.00. The molecule has 1 aromatic carbocycles. The summed E-state index contributed by atoms with van der Waals surface area (Å²) in [6, 6.07) is 11.8. The fraction of sp³-hybridized carbons (Fsp3) is 0.190. The Morgan fingerprint density at radius 3 is 2.68 bits per heavy atom. The molecule has 0 aliphatic rings. The van der Waals surface area contributed by atoms with Gasteiger partial charge in [-0.1, -0.05) is 29.0 Å². The molecule has 0 saturated heterocycles. The van der Waals surface area contributed by atoms with Crippen molar-refractivity contribution in [2.45, 2.75) is 26.8 Å². The minimum absolute atomic E-state index is 0.00475. The molecule has 0 fully saturated rings. The summed E-state index contributed by atoms with van der Waals surface area (Å²) in [7, 11) is 0. The predicted molar refractivity (Wildman–Crippen MR) is 118 cm³/mol. The largest absolute Gasteiger partial charge is 0.283 e. The van der Waals surface area contributed by atoms with Crippen molar-refractivity contribution >= 4 is 55.5 Å². The van der Waals surface area contributed by atoms with Gasteiger partial charge in [-0.2, -0.15) is 0 Å². The van der Waals surface area contributed by atoms with Crippen LogP contribution in [0.3, 0.4) is 0 Å². The Balaban J connectivity index is 1.70. The smallest absolute Gasteiger partial charge is 0.234 e. The molecule has 0 bridgehead atoms. The van der Waals surface area contributed by atoms with Crippen molar-refractivity contribution in [3.8, 4) is 0 Å². The molecule has 3 heterocycles. The fourth-order valence-electron chi connectivity index (χ4n) is 2.91. The van der Waals surface area contributed by atoms with E-state index in [-0.39, 0.29) is 5.91 Å². The van der Waals surface area contributed by atoms with Gasteiger partial charge in [0.1, 0.15) is 0 Å². The number of nitrogens with zero attached hydrogens (tertiary/aromatic N) is 3. The number of amides is 1. The highest BCUT2D eigenvalue weighted by atomic mass is 35.5. The fourth-order valence-corrected chi connectivity index (χ4v) is 5.05. The van der Waals surface area contributed by atoms with E-state index in [2.05, 4.69) is 31.0 Å². The molecule has 0 aliphatic heterocycles. The van der Waals surface area contributed by atoms with Crippen LogP contribution >= 0.6 is 34.3 Å². The van der Waals surface area contributed by atoms with E-state index in [9.17, 15) is 4.79 Å². The average molecular weight is 428 g/mol. The number of hydrogen-bond donors (Lipinski definition) is 0. The quantitative estimate of drug-likeness (QED) is 0.404. The predicted octanol–water partition coefficient (Wildman–Crippen LogP) is 5.80. The number of aromatic nitrogens is 2. The summed E-state index contributed by atoms with van der Waals surface area (Å²) in [5.74, 6) is -0.00475. The van der Waals surface area contributed by atoms with Crippen LogP contribution in [0.4, 0.5) is 5.13 Å². The molecule has 0 atom stereocenters. The average Bonchev–Trinajstić information content (AvgIpc) is 3.26. The Bertz CT molecular complexity index is 1100. The molecule has 4 aromatic rings. The molecule has 0 saturated carbocycles. The van der Waals surface area contributed by atoms with Gasteiger partial charge in [0.2, 0.25) is 5.91 Å². The molecule has 7 heteroatoms. The maximum Gasteiger partial charge on any atom is 0.234 e. The van der Waals surface area contributed by atoms with Crippen LogP contribution in [0, 0.1) is 13.8 Å². The molecule has 3 aromatic heterocycles. The van der Waals surface area contributed by atoms with Crippen molar-refractivity contribution in [3.05, 3.63) is 74.7 Å². The van der Waals surface area contributed by atoms with Crippen molar-refractivity contribution in [3.63, 3.8) is 0 Å². The Morgan fingerprint density at radius 2 is 1.96 bits per heavy atom. The van der Waals surface area contributed by atoms with Crippen LogP contribution in [-0.4, -0.2) is 15.9 Å². The lowest BCUT2D eigenvalue weighted by atomic mass is 10.1. The molecule has 4 nitrogen and oxygen atoms in total. The molecule has 0 aliphatic carbocycles. The highest BCUT2D eigenvalue weighted by Crippen LogP contribution is 2.32. The standard InChI is InChI=1S/C21H18ClN3OS2/c1-13-8-17-18(9-14(13)2)28-21(24-17)25(12-15-4-3-7-23-11-15)20(26)10-16-5-6-19(22)27-16/h3-9,11H,10,12H2,1-2H3. The van der Waals surface area contributed by atoms with Gasteiger partial charge in [0.05, 0.1) is 27.5 Å². The maximum absolute atomic E-state index is 13.2. The highest BCUT2D eigenvalue weighted by Gasteiger charge is 2.21. The van der Waals surface area contributed by atoms with Gasteiger partial charge in [0.15, 0.2) is 5.13 Å². The van der Waals surface area contributed by atoms with E-state index in [4.69, 9.17) is 16.6 Å². The van der Waals surface area contributed by atoms with Gasteiger partial charge >= 0.3 is 0 Å². The number of thiazole rings is 1. The lowest BCUT2D eigenvalue weighted by molar-refractivity contribution is -0.118. The van der Waals surface area contributed by atoms with Gasteiger partial charge < -0.3 is 0 Å². The number of hydrogen-bond acceptors (Lipinski definition) is 5.